The standard InChI is InChI=1S/C10H9ClO4/c1-15-10(14)5-9(13)7-3-2-6(12)4-8(7)11/h2-4,12H,5H2,1H3. The van der Waals surface area contributed by atoms with Crippen molar-refractivity contribution < 1.29 is 19.4 Å². The largest absolute Gasteiger partial charge is 0.508 e. The number of Topliss-reactive ketones (excluding diaryl/α,β-unsaturated/α-hetero) is 1. The van der Waals surface area contributed by atoms with E-state index >= 15 is 0 Å². The van der Waals surface area contributed by atoms with Gasteiger partial charge in [-0.05, 0) is 18.2 Å². The Labute approximate surface area is 91.4 Å². The van der Waals surface area contributed by atoms with Gasteiger partial charge in [0.25, 0.3) is 0 Å². The van der Waals surface area contributed by atoms with E-state index in [0.717, 1.165) is 0 Å². The maximum atomic E-state index is 11.5. The molecule has 0 aliphatic carbocycles. The highest BCUT2D eigenvalue weighted by atomic mass is 35.5. The van der Waals surface area contributed by atoms with Crippen molar-refractivity contribution in [1.82, 2.24) is 0 Å². The molecule has 5 heteroatoms. The lowest BCUT2D eigenvalue weighted by atomic mass is 10.1. The average molecular weight is 229 g/mol. The van der Waals surface area contributed by atoms with Crippen LogP contribution >= 0.6 is 11.6 Å². The molecule has 0 radical (unpaired) electrons. The van der Waals surface area contributed by atoms with Gasteiger partial charge in [0.15, 0.2) is 5.78 Å². The first kappa shape index (κ1) is 11.5. The predicted octanol–water partition coefficient (Wildman–Crippen LogP) is 1.79. The third kappa shape index (κ3) is 2.95. The summed E-state index contributed by atoms with van der Waals surface area (Å²) in [5.74, 6) is -1.09. The number of ketones is 1. The first-order valence-corrected chi connectivity index (χ1v) is 4.51. The van der Waals surface area contributed by atoms with Crippen LogP contribution in [-0.4, -0.2) is 24.0 Å². The second kappa shape index (κ2) is 4.79. The van der Waals surface area contributed by atoms with E-state index in [4.69, 9.17) is 16.7 Å². The van der Waals surface area contributed by atoms with Gasteiger partial charge >= 0.3 is 5.97 Å². The monoisotopic (exact) mass is 228 g/mol. The molecular formula is C10H9ClO4. The van der Waals surface area contributed by atoms with Crippen LogP contribution in [0.15, 0.2) is 18.2 Å². The number of phenols is 1. The van der Waals surface area contributed by atoms with E-state index in [0.29, 0.717) is 0 Å². The summed E-state index contributed by atoms with van der Waals surface area (Å²) in [4.78, 5) is 22.3. The van der Waals surface area contributed by atoms with Gasteiger partial charge in [-0.25, -0.2) is 0 Å². The molecule has 0 aromatic heterocycles. The summed E-state index contributed by atoms with van der Waals surface area (Å²) in [5, 5.41) is 9.17. The summed E-state index contributed by atoms with van der Waals surface area (Å²) in [6.07, 6.45) is -0.360. The van der Waals surface area contributed by atoms with Gasteiger partial charge < -0.3 is 9.84 Å². The average Bonchev–Trinajstić information content (AvgIpc) is 2.17. The van der Waals surface area contributed by atoms with Crippen molar-refractivity contribution >= 4 is 23.4 Å². The van der Waals surface area contributed by atoms with Crippen LogP contribution in [0.5, 0.6) is 5.75 Å². The zero-order chi connectivity index (χ0) is 11.4. The third-order valence-electron chi connectivity index (χ3n) is 1.79. The van der Waals surface area contributed by atoms with Gasteiger partial charge in [0.2, 0.25) is 0 Å². The number of halogens is 1. The van der Waals surface area contributed by atoms with Crippen LogP contribution in [0, 0.1) is 0 Å². The van der Waals surface area contributed by atoms with E-state index in [1.165, 1.54) is 25.3 Å². The number of carbonyl (C=O) groups excluding carboxylic acids is 2. The highest BCUT2D eigenvalue weighted by Gasteiger charge is 2.15. The second-order valence-corrected chi connectivity index (χ2v) is 3.25. The number of ether oxygens (including phenoxy) is 1. The van der Waals surface area contributed by atoms with Crippen LogP contribution in [0.1, 0.15) is 16.8 Å². The van der Waals surface area contributed by atoms with Crippen LogP contribution in [0.2, 0.25) is 5.02 Å². The fraction of sp³-hybridized carbons (Fsp3) is 0.200. The Hall–Kier alpha value is -1.55. The highest BCUT2D eigenvalue weighted by Crippen LogP contribution is 2.22. The molecule has 0 saturated heterocycles. The summed E-state index contributed by atoms with van der Waals surface area (Å²) >= 11 is 5.72. The Kier molecular flexibility index (Phi) is 3.68. The minimum Gasteiger partial charge on any atom is -0.508 e. The van der Waals surface area contributed by atoms with Crippen molar-refractivity contribution in [3.63, 3.8) is 0 Å². The molecule has 0 aliphatic heterocycles. The topological polar surface area (TPSA) is 63.6 Å². The molecule has 0 heterocycles. The quantitative estimate of drug-likeness (QED) is 0.487. The number of benzene rings is 1. The minimum absolute atomic E-state index is 0.0328. The fourth-order valence-electron chi connectivity index (χ4n) is 1.03. The van der Waals surface area contributed by atoms with Gasteiger partial charge in [-0.1, -0.05) is 11.6 Å². The van der Waals surface area contributed by atoms with Crippen molar-refractivity contribution in [3.05, 3.63) is 28.8 Å². The van der Waals surface area contributed by atoms with Crippen LogP contribution in [0.3, 0.4) is 0 Å². The molecule has 0 atom stereocenters. The normalized spacial score (nSPS) is 9.73. The maximum absolute atomic E-state index is 11.5. The Morgan fingerprint density at radius 1 is 1.47 bits per heavy atom. The van der Waals surface area contributed by atoms with Crippen LogP contribution in [0.4, 0.5) is 0 Å². The maximum Gasteiger partial charge on any atom is 0.313 e. The minimum atomic E-state index is -0.621. The molecular weight excluding hydrogens is 220 g/mol. The smallest absolute Gasteiger partial charge is 0.313 e. The molecule has 0 unspecified atom stereocenters. The van der Waals surface area contributed by atoms with Gasteiger partial charge in [-0.15, -0.1) is 0 Å². The van der Waals surface area contributed by atoms with Crippen molar-refractivity contribution in [2.75, 3.05) is 7.11 Å². The van der Waals surface area contributed by atoms with Crippen molar-refractivity contribution in [2.24, 2.45) is 0 Å². The van der Waals surface area contributed by atoms with Crippen molar-refractivity contribution in [3.8, 4) is 5.75 Å². The summed E-state index contributed by atoms with van der Waals surface area (Å²) in [6.45, 7) is 0. The van der Waals surface area contributed by atoms with E-state index in [2.05, 4.69) is 4.74 Å². The van der Waals surface area contributed by atoms with Crippen molar-refractivity contribution in [1.29, 1.82) is 0 Å². The molecule has 0 aliphatic rings. The Morgan fingerprint density at radius 3 is 2.67 bits per heavy atom. The molecule has 1 rings (SSSR count). The number of hydrogen-bond donors (Lipinski definition) is 1. The molecule has 0 amide bonds. The third-order valence-corrected chi connectivity index (χ3v) is 2.10. The summed E-state index contributed by atoms with van der Waals surface area (Å²) in [5.41, 5.74) is 0.194. The number of carbonyl (C=O) groups is 2. The van der Waals surface area contributed by atoms with Crippen LogP contribution < -0.4 is 0 Å². The van der Waals surface area contributed by atoms with Gasteiger partial charge in [0, 0.05) is 5.56 Å². The zero-order valence-electron chi connectivity index (χ0n) is 7.99. The Balaban J connectivity index is 2.87. The highest BCUT2D eigenvalue weighted by molar-refractivity contribution is 6.34. The number of methoxy groups -OCH3 is 1. The number of rotatable bonds is 3. The van der Waals surface area contributed by atoms with Gasteiger partial charge in [-0.3, -0.25) is 9.59 Å². The lowest BCUT2D eigenvalue weighted by Gasteiger charge is -2.02. The van der Waals surface area contributed by atoms with E-state index in [9.17, 15) is 9.59 Å². The Bertz CT molecular complexity index is 400. The van der Waals surface area contributed by atoms with Crippen molar-refractivity contribution in [2.45, 2.75) is 6.42 Å². The van der Waals surface area contributed by atoms with Gasteiger partial charge in [0.1, 0.15) is 12.2 Å². The fourth-order valence-corrected chi connectivity index (χ4v) is 1.31. The molecule has 4 nitrogen and oxygen atoms in total. The first-order valence-electron chi connectivity index (χ1n) is 4.13. The van der Waals surface area contributed by atoms with E-state index in [1.807, 2.05) is 0 Å². The molecule has 0 bridgehead atoms. The molecule has 0 spiro atoms. The molecule has 1 aromatic carbocycles. The number of aromatic hydroxyl groups is 1. The summed E-state index contributed by atoms with van der Waals surface area (Å²) < 4.78 is 4.35. The van der Waals surface area contributed by atoms with Gasteiger partial charge in [-0.2, -0.15) is 0 Å². The number of esters is 1. The summed E-state index contributed by atoms with van der Waals surface area (Å²) in [6, 6.07) is 3.94. The number of phenolic OH excluding ortho intramolecular Hbond substituents is 1. The van der Waals surface area contributed by atoms with Crippen LogP contribution in [-0.2, 0) is 9.53 Å². The van der Waals surface area contributed by atoms with Crippen LogP contribution in [0.25, 0.3) is 0 Å². The zero-order valence-corrected chi connectivity index (χ0v) is 8.75. The van der Waals surface area contributed by atoms with E-state index < -0.39 is 11.8 Å². The predicted molar refractivity (Wildman–Crippen MR) is 54.1 cm³/mol. The summed E-state index contributed by atoms with van der Waals surface area (Å²) in [7, 11) is 1.20. The molecule has 1 N–H and O–H groups in total. The molecule has 80 valence electrons. The van der Waals surface area contributed by atoms with E-state index in [1.54, 1.807) is 0 Å². The molecule has 0 saturated carbocycles. The Morgan fingerprint density at radius 2 is 2.13 bits per heavy atom. The molecule has 15 heavy (non-hydrogen) atoms. The SMILES string of the molecule is COC(=O)CC(=O)c1ccc(O)cc1Cl. The molecule has 0 fully saturated rings. The van der Waals surface area contributed by atoms with Gasteiger partial charge in [0.05, 0.1) is 12.1 Å². The second-order valence-electron chi connectivity index (χ2n) is 2.84. The lowest BCUT2D eigenvalue weighted by Crippen LogP contribution is -2.09. The first-order chi connectivity index (χ1) is 7.04. The van der Waals surface area contributed by atoms with E-state index in [-0.39, 0.29) is 22.8 Å². The molecule has 1 aromatic rings. The number of hydrogen-bond acceptors (Lipinski definition) is 4. The lowest BCUT2D eigenvalue weighted by molar-refractivity contribution is -0.139.